The molecule has 4 heteroatoms. The van der Waals surface area contributed by atoms with E-state index >= 15 is 0 Å². The van der Waals surface area contributed by atoms with Crippen LogP contribution in [0.4, 0.5) is 4.39 Å². The highest BCUT2D eigenvalue weighted by Crippen LogP contribution is 2.14. The van der Waals surface area contributed by atoms with Crippen molar-refractivity contribution < 1.29 is 9.18 Å². The second kappa shape index (κ2) is 5.07. The largest absolute Gasteiger partial charge is 0.368 e. The number of carbonyl (C=O) groups is 1. The minimum Gasteiger partial charge on any atom is -0.368 e. The van der Waals surface area contributed by atoms with Crippen molar-refractivity contribution in [2.45, 2.75) is 25.8 Å². The molecule has 0 saturated carbocycles. The van der Waals surface area contributed by atoms with E-state index in [4.69, 9.17) is 5.73 Å². The van der Waals surface area contributed by atoms with Crippen LogP contribution >= 0.6 is 0 Å². The summed E-state index contributed by atoms with van der Waals surface area (Å²) in [4.78, 5) is 11.4. The van der Waals surface area contributed by atoms with Gasteiger partial charge in [0.15, 0.2) is 0 Å². The summed E-state index contributed by atoms with van der Waals surface area (Å²) in [5.41, 5.74) is 5.27. The summed E-state index contributed by atoms with van der Waals surface area (Å²) in [5.74, 6) is -0.737. The molecule has 1 amide bonds. The third-order valence-electron chi connectivity index (χ3n) is 2.56. The molecule has 0 spiro atoms. The van der Waals surface area contributed by atoms with Gasteiger partial charge in [0, 0.05) is 0 Å². The van der Waals surface area contributed by atoms with Gasteiger partial charge in [-0.3, -0.25) is 4.79 Å². The molecule has 1 aromatic rings. The van der Waals surface area contributed by atoms with E-state index in [2.05, 4.69) is 5.32 Å². The Morgan fingerprint density at radius 1 is 1.56 bits per heavy atom. The quantitative estimate of drug-likeness (QED) is 0.790. The molecule has 3 nitrogen and oxygen atoms in total. The second-order valence-corrected chi connectivity index (χ2v) is 4.03. The highest BCUT2D eigenvalue weighted by molar-refractivity contribution is 5.84. The first-order valence-electron chi connectivity index (χ1n) is 5.27. The molecule has 0 radical (unpaired) electrons. The van der Waals surface area contributed by atoms with E-state index in [1.807, 2.05) is 6.92 Å². The lowest BCUT2D eigenvalue weighted by molar-refractivity contribution is -0.123. The van der Waals surface area contributed by atoms with Crippen molar-refractivity contribution >= 4 is 5.91 Å². The Hall–Kier alpha value is -1.42. The number of carbonyl (C=O) groups excluding carboxylic acids is 1. The molecule has 0 bridgehead atoms. The predicted octanol–water partition coefficient (Wildman–Crippen LogP) is 1.22. The Morgan fingerprint density at radius 2 is 2.25 bits per heavy atom. The first-order chi connectivity index (χ1) is 7.48. The topological polar surface area (TPSA) is 55.1 Å². The van der Waals surface area contributed by atoms with Gasteiger partial charge in [-0.2, -0.15) is 0 Å². The molecule has 0 saturated heterocycles. The van der Waals surface area contributed by atoms with Gasteiger partial charge in [0.2, 0.25) is 5.91 Å². The Bertz CT molecular complexity index is 381. The Morgan fingerprint density at radius 3 is 2.75 bits per heavy atom. The van der Waals surface area contributed by atoms with Crippen molar-refractivity contribution in [2.75, 3.05) is 6.54 Å². The van der Waals surface area contributed by atoms with Gasteiger partial charge in [0.25, 0.3) is 0 Å². The number of halogens is 1. The van der Waals surface area contributed by atoms with Crippen LogP contribution in [0, 0.1) is 5.82 Å². The minimum atomic E-state index is -0.831. The Balaban J connectivity index is 2.87. The molecule has 1 atom stereocenters. The zero-order valence-electron chi connectivity index (χ0n) is 9.59. The number of benzene rings is 1. The molecular formula is C12H17FN2O. The fourth-order valence-corrected chi connectivity index (χ4v) is 1.68. The van der Waals surface area contributed by atoms with Gasteiger partial charge >= 0.3 is 0 Å². The number of amides is 1. The van der Waals surface area contributed by atoms with E-state index in [1.165, 1.54) is 12.1 Å². The van der Waals surface area contributed by atoms with Crippen molar-refractivity contribution in [1.82, 2.24) is 5.32 Å². The molecule has 0 aliphatic carbocycles. The van der Waals surface area contributed by atoms with Crippen LogP contribution in [0.25, 0.3) is 0 Å². The zero-order chi connectivity index (χ0) is 12.2. The van der Waals surface area contributed by atoms with Crippen molar-refractivity contribution in [1.29, 1.82) is 0 Å². The maximum Gasteiger partial charge on any atom is 0.237 e. The Kier molecular flexibility index (Phi) is 4.01. The van der Waals surface area contributed by atoms with E-state index in [9.17, 15) is 9.18 Å². The minimum absolute atomic E-state index is 0.305. The van der Waals surface area contributed by atoms with Crippen molar-refractivity contribution in [3.05, 3.63) is 35.6 Å². The van der Waals surface area contributed by atoms with E-state index in [0.29, 0.717) is 13.0 Å². The van der Waals surface area contributed by atoms with Gasteiger partial charge in [-0.25, -0.2) is 4.39 Å². The zero-order valence-corrected chi connectivity index (χ0v) is 9.59. The van der Waals surface area contributed by atoms with Crippen molar-refractivity contribution in [3.8, 4) is 0 Å². The molecule has 0 aliphatic rings. The SMILES string of the molecule is CCNC(C)(Cc1cccc(F)c1)C(N)=O. The van der Waals surface area contributed by atoms with E-state index < -0.39 is 11.4 Å². The van der Waals surface area contributed by atoms with Crippen LogP contribution in [0.5, 0.6) is 0 Å². The second-order valence-electron chi connectivity index (χ2n) is 4.03. The normalized spacial score (nSPS) is 14.4. The highest BCUT2D eigenvalue weighted by atomic mass is 19.1. The first kappa shape index (κ1) is 12.6. The van der Waals surface area contributed by atoms with Gasteiger partial charge in [0.1, 0.15) is 5.82 Å². The monoisotopic (exact) mass is 224 g/mol. The van der Waals surface area contributed by atoms with Gasteiger partial charge < -0.3 is 11.1 Å². The van der Waals surface area contributed by atoms with Crippen LogP contribution in [0.15, 0.2) is 24.3 Å². The number of rotatable bonds is 5. The van der Waals surface area contributed by atoms with Crippen LogP contribution < -0.4 is 11.1 Å². The summed E-state index contributed by atoms with van der Waals surface area (Å²) in [6.07, 6.45) is 0.383. The third kappa shape index (κ3) is 3.03. The van der Waals surface area contributed by atoms with Crippen LogP contribution in [0.1, 0.15) is 19.4 Å². The average molecular weight is 224 g/mol. The van der Waals surface area contributed by atoms with Crippen LogP contribution in [0.2, 0.25) is 0 Å². The summed E-state index contributed by atoms with van der Waals surface area (Å²) >= 11 is 0. The average Bonchev–Trinajstić information content (AvgIpc) is 2.17. The molecule has 1 aromatic carbocycles. The lowest BCUT2D eigenvalue weighted by Crippen LogP contribution is -2.54. The lowest BCUT2D eigenvalue weighted by atomic mass is 9.92. The molecule has 88 valence electrons. The van der Waals surface area contributed by atoms with Crippen LogP contribution in [0.3, 0.4) is 0 Å². The number of primary amides is 1. The number of hydrogen-bond acceptors (Lipinski definition) is 2. The molecule has 3 N–H and O–H groups in total. The maximum atomic E-state index is 13.0. The molecule has 0 aliphatic heterocycles. The summed E-state index contributed by atoms with van der Waals surface area (Å²) in [6.45, 7) is 4.26. The lowest BCUT2D eigenvalue weighted by Gasteiger charge is -2.27. The first-order valence-corrected chi connectivity index (χ1v) is 5.27. The molecule has 1 unspecified atom stereocenters. The molecule has 16 heavy (non-hydrogen) atoms. The fraction of sp³-hybridized carbons (Fsp3) is 0.417. The molecule has 0 heterocycles. The Labute approximate surface area is 94.8 Å². The molecule has 1 rings (SSSR count). The number of nitrogens with two attached hydrogens (primary N) is 1. The van der Waals surface area contributed by atoms with E-state index in [1.54, 1.807) is 19.1 Å². The molecular weight excluding hydrogens is 207 g/mol. The number of nitrogens with one attached hydrogen (secondary N) is 1. The van der Waals surface area contributed by atoms with Gasteiger partial charge in [-0.15, -0.1) is 0 Å². The maximum absolute atomic E-state index is 13.0. The smallest absolute Gasteiger partial charge is 0.237 e. The molecule has 0 fully saturated rings. The van der Waals surface area contributed by atoms with E-state index in [-0.39, 0.29) is 5.82 Å². The highest BCUT2D eigenvalue weighted by Gasteiger charge is 2.30. The predicted molar refractivity (Wildman–Crippen MR) is 61.4 cm³/mol. The number of hydrogen-bond donors (Lipinski definition) is 2. The van der Waals surface area contributed by atoms with Crippen LogP contribution in [-0.2, 0) is 11.2 Å². The summed E-state index contributed by atoms with van der Waals surface area (Å²) in [7, 11) is 0. The molecule has 0 aromatic heterocycles. The third-order valence-corrected chi connectivity index (χ3v) is 2.56. The van der Waals surface area contributed by atoms with Gasteiger partial charge in [-0.1, -0.05) is 19.1 Å². The fourth-order valence-electron chi connectivity index (χ4n) is 1.68. The van der Waals surface area contributed by atoms with Crippen molar-refractivity contribution in [2.24, 2.45) is 5.73 Å². The van der Waals surface area contributed by atoms with Crippen molar-refractivity contribution in [3.63, 3.8) is 0 Å². The van der Waals surface area contributed by atoms with Gasteiger partial charge in [-0.05, 0) is 37.6 Å². The summed E-state index contributed by atoms with van der Waals surface area (Å²) < 4.78 is 13.0. The van der Waals surface area contributed by atoms with Crippen LogP contribution in [-0.4, -0.2) is 18.0 Å². The van der Waals surface area contributed by atoms with E-state index in [0.717, 1.165) is 5.56 Å². The standard InChI is InChI=1S/C12H17FN2O/c1-3-15-12(2,11(14)16)8-9-5-4-6-10(13)7-9/h4-7,15H,3,8H2,1-2H3,(H2,14,16). The van der Waals surface area contributed by atoms with Gasteiger partial charge in [0.05, 0.1) is 5.54 Å². The summed E-state index contributed by atoms with van der Waals surface area (Å²) in [5, 5.41) is 3.03. The number of likely N-dealkylation sites (N-methyl/N-ethyl adjacent to an activating group) is 1. The summed E-state index contributed by atoms with van der Waals surface area (Å²) in [6, 6.07) is 6.19.